The first-order valence-electron chi connectivity index (χ1n) is 17.2. The van der Waals surface area contributed by atoms with Crippen LogP contribution in [0.25, 0.3) is 0 Å². The SMILES string of the molecule is CCc1cc(S(=O)(=O)NC(=O)C23CCC2/C=C\CCCCCC(C)(O)C(=O)N2CC(OC(=O)N4Cc5cccc(F)c5C4)CC2C(=O)N3)c(Cl)s1. The molecule has 6 rings (SSSR count). The van der Waals surface area contributed by atoms with Crippen LogP contribution in [0, 0.1) is 11.7 Å². The Kier molecular flexibility index (Phi) is 10.6. The van der Waals surface area contributed by atoms with Crippen LogP contribution >= 0.6 is 22.9 Å². The highest BCUT2D eigenvalue weighted by Crippen LogP contribution is 2.42. The normalized spacial score (nSPS) is 29.1. The summed E-state index contributed by atoms with van der Waals surface area (Å²) in [5.41, 5.74) is -2.46. The lowest BCUT2D eigenvalue weighted by atomic mass is 9.65. The number of aliphatic hydroxyl groups is 1. The molecule has 2 fully saturated rings. The van der Waals surface area contributed by atoms with Crippen LogP contribution in [0.5, 0.6) is 0 Å². The molecule has 5 atom stereocenters. The molecular weight excluding hydrogens is 723 g/mol. The molecule has 51 heavy (non-hydrogen) atoms. The molecule has 276 valence electrons. The standard InChI is InChI=1S/C35H42ClFN4O8S2/c1-3-24-17-28(29(36)50-24)51(47,48)39-31(43)35-15-13-22(35)11-7-5-4-6-8-14-34(2,46)32(44)41-19-23(16-27(41)30(42)38-35)49-33(45)40-18-21-10-9-12-26(37)25(21)20-40/h7,9-12,17,22-23,27,46H,3-6,8,13-16,18-20H2,1-2H3,(H,38,42)(H,39,43)/b11-7-. The fraction of sp³-hybridized carbons (Fsp3) is 0.543. The Hall–Kier alpha value is -3.53. The molecule has 4 amide bonds. The van der Waals surface area contributed by atoms with Crippen molar-refractivity contribution in [2.45, 2.75) is 113 Å². The molecule has 1 aromatic carbocycles. The van der Waals surface area contributed by atoms with E-state index < -0.39 is 68.9 Å². The summed E-state index contributed by atoms with van der Waals surface area (Å²) in [5.74, 6) is -3.40. The maximum absolute atomic E-state index is 14.4. The van der Waals surface area contributed by atoms with Crippen molar-refractivity contribution in [1.29, 1.82) is 0 Å². The van der Waals surface area contributed by atoms with E-state index in [-0.39, 0.29) is 48.1 Å². The molecule has 2 aromatic rings. The van der Waals surface area contributed by atoms with Crippen molar-refractivity contribution in [2.75, 3.05) is 6.54 Å². The first kappa shape index (κ1) is 37.2. The molecule has 4 heterocycles. The number of benzene rings is 1. The van der Waals surface area contributed by atoms with Gasteiger partial charge in [0.05, 0.1) is 13.1 Å². The van der Waals surface area contributed by atoms with Crippen molar-refractivity contribution in [3.8, 4) is 0 Å². The third-order valence-electron chi connectivity index (χ3n) is 10.4. The number of carbonyl (C=O) groups is 4. The minimum absolute atomic E-state index is 0.000622. The third kappa shape index (κ3) is 7.40. The van der Waals surface area contributed by atoms with Gasteiger partial charge in [-0.3, -0.25) is 19.3 Å². The number of ether oxygens (including phenoxy) is 1. The smallest absolute Gasteiger partial charge is 0.410 e. The third-order valence-corrected chi connectivity index (χ3v) is 13.5. The molecule has 5 unspecified atom stereocenters. The van der Waals surface area contributed by atoms with Gasteiger partial charge in [-0.25, -0.2) is 22.3 Å². The Bertz CT molecular complexity index is 1870. The number of amides is 4. The average Bonchev–Trinajstić information content (AvgIpc) is 3.80. The van der Waals surface area contributed by atoms with Gasteiger partial charge in [0, 0.05) is 29.3 Å². The maximum atomic E-state index is 14.4. The topological polar surface area (TPSA) is 162 Å². The summed E-state index contributed by atoms with van der Waals surface area (Å²) in [6.45, 7) is 3.16. The second kappa shape index (κ2) is 14.5. The molecule has 1 saturated heterocycles. The number of hydrogen-bond acceptors (Lipinski definition) is 9. The van der Waals surface area contributed by atoms with Crippen LogP contribution < -0.4 is 10.0 Å². The molecule has 1 aliphatic carbocycles. The average molecular weight is 765 g/mol. The van der Waals surface area contributed by atoms with Gasteiger partial charge in [-0.05, 0) is 63.1 Å². The van der Waals surface area contributed by atoms with E-state index in [1.807, 2.05) is 19.1 Å². The van der Waals surface area contributed by atoms with Crippen molar-refractivity contribution >= 4 is 56.8 Å². The van der Waals surface area contributed by atoms with E-state index in [0.29, 0.717) is 43.2 Å². The lowest BCUT2D eigenvalue weighted by Gasteiger charge is -2.47. The van der Waals surface area contributed by atoms with Crippen LogP contribution in [0.1, 0.15) is 81.2 Å². The first-order valence-corrected chi connectivity index (χ1v) is 19.9. The fourth-order valence-electron chi connectivity index (χ4n) is 7.35. The van der Waals surface area contributed by atoms with Gasteiger partial charge in [0.1, 0.15) is 38.3 Å². The van der Waals surface area contributed by atoms with Crippen molar-refractivity contribution < 1.29 is 41.8 Å². The zero-order valence-electron chi connectivity index (χ0n) is 28.5. The van der Waals surface area contributed by atoms with Gasteiger partial charge in [0.25, 0.3) is 21.8 Å². The van der Waals surface area contributed by atoms with Crippen LogP contribution in [-0.2, 0) is 48.7 Å². The molecule has 4 aliphatic rings. The van der Waals surface area contributed by atoms with Crippen LogP contribution in [0.4, 0.5) is 9.18 Å². The number of nitrogens with zero attached hydrogens (tertiary/aromatic N) is 2. The van der Waals surface area contributed by atoms with Gasteiger partial charge < -0.3 is 20.1 Å². The van der Waals surface area contributed by atoms with Crippen molar-refractivity contribution in [2.24, 2.45) is 5.92 Å². The summed E-state index contributed by atoms with van der Waals surface area (Å²) in [7, 11) is -4.41. The molecule has 3 aliphatic heterocycles. The maximum Gasteiger partial charge on any atom is 0.410 e. The van der Waals surface area contributed by atoms with Crippen LogP contribution in [0.15, 0.2) is 41.3 Å². The van der Waals surface area contributed by atoms with E-state index in [9.17, 15) is 37.1 Å². The van der Waals surface area contributed by atoms with Crippen molar-refractivity contribution in [3.05, 3.63) is 62.6 Å². The van der Waals surface area contributed by atoms with E-state index in [2.05, 4.69) is 10.0 Å². The van der Waals surface area contributed by atoms with Gasteiger partial charge >= 0.3 is 6.09 Å². The highest BCUT2D eigenvalue weighted by atomic mass is 35.5. The molecule has 3 N–H and O–H groups in total. The van der Waals surface area contributed by atoms with E-state index >= 15 is 0 Å². The molecule has 1 saturated carbocycles. The Morgan fingerprint density at radius 3 is 2.67 bits per heavy atom. The number of fused-ring (bicyclic) bond motifs is 3. The van der Waals surface area contributed by atoms with Crippen molar-refractivity contribution in [1.82, 2.24) is 19.8 Å². The highest BCUT2D eigenvalue weighted by molar-refractivity contribution is 7.90. The quantitative estimate of drug-likeness (QED) is 0.374. The van der Waals surface area contributed by atoms with Gasteiger partial charge in [-0.1, -0.05) is 55.7 Å². The summed E-state index contributed by atoms with van der Waals surface area (Å²) in [6, 6.07) is 4.76. The first-order chi connectivity index (χ1) is 24.1. The molecule has 0 radical (unpaired) electrons. The van der Waals surface area contributed by atoms with Gasteiger partial charge in [-0.15, -0.1) is 11.3 Å². The molecule has 1 aromatic heterocycles. The Labute approximate surface area is 305 Å². The van der Waals surface area contributed by atoms with Crippen LogP contribution in [-0.4, -0.2) is 77.0 Å². The Morgan fingerprint density at radius 1 is 1.20 bits per heavy atom. The fourth-order valence-corrected chi connectivity index (χ4v) is 10.3. The molecular formula is C35H42ClFN4O8S2. The zero-order valence-corrected chi connectivity index (χ0v) is 30.8. The number of aryl methyl sites for hydroxylation is 1. The number of halogens is 2. The van der Waals surface area contributed by atoms with E-state index in [4.69, 9.17) is 16.3 Å². The number of hydrogen-bond donors (Lipinski definition) is 3. The second-order valence-corrected chi connectivity index (χ2v) is 17.4. The predicted octanol–water partition coefficient (Wildman–Crippen LogP) is 4.57. The number of allylic oxidation sites excluding steroid dienone is 1. The number of nitrogens with one attached hydrogen (secondary N) is 2. The molecule has 12 nitrogen and oxygen atoms in total. The van der Waals surface area contributed by atoms with Crippen LogP contribution in [0.2, 0.25) is 4.34 Å². The molecule has 16 heteroatoms. The summed E-state index contributed by atoms with van der Waals surface area (Å²) in [5, 5.41) is 14.1. The lowest BCUT2D eigenvalue weighted by molar-refractivity contribution is -0.155. The number of thiophene rings is 1. The van der Waals surface area contributed by atoms with Gasteiger partial charge in [0.2, 0.25) is 5.91 Å². The van der Waals surface area contributed by atoms with Crippen LogP contribution in [0.3, 0.4) is 0 Å². The minimum atomic E-state index is -4.41. The number of sulfonamides is 1. The van der Waals surface area contributed by atoms with E-state index in [1.165, 1.54) is 28.9 Å². The highest BCUT2D eigenvalue weighted by Gasteiger charge is 2.56. The largest absolute Gasteiger partial charge is 0.444 e. The summed E-state index contributed by atoms with van der Waals surface area (Å²) in [4.78, 5) is 58.4. The second-order valence-electron chi connectivity index (χ2n) is 14.0. The molecule has 0 spiro atoms. The Balaban J connectivity index is 1.26. The monoisotopic (exact) mass is 764 g/mol. The summed E-state index contributed by atoms with van der Waals surface area (Å²) < 4.78 is 49.2. The lowest BCUT2D eigenvalue weighted by Crippen LogP contribution is -2.70. The minimum Gasteiger partial charge on any atom is -0.444 e. The zero-order chi connectivity index (χ0) is 36.7. The van der Waals surface area contributed by atoms with E-state index in [0.717, 1.165) is 22.6 Å². The van der Waals surface area contributed by atoms with E-state index in [1.54, 1.807) is 12.1 Å². The summed E-state index contributed by atoms with van der Waals surface area (Å²) >= 11 is 7.35. The predicted molar refractivity (Wildman–Crippen MR) is 187 cm³/mol. The number of carbonyl (C=O) groups excluding carboxylic acids is 4. The van der Waals surface area contributed by atoms with Crippen molar-refractivity contribution in [3.63, 3.8) is 0 Å². The number of rotatable bonds is 5. The van der Waals surface area contributed by atoms with Gasteiger partial charge in [0.15, 0.2) is 0 Å². The van der Waals surface area contributed by atoms with Gasteiger partial charge in [-0.2, -0.15) is 0 Å². The molecule has 0 bridgehead atoms. The Morgan fingerprint density at radius 2 is 1.98 bits per heavy atom. The summed E-state index contributed by atoms with van der Waals surface area (Å²) in [6.07, 6.45) is 5.81.